The predicted octanol–water partition coefficient (Wildman–Crippen LogP) is 7.95. The van der Waals surface area contributed by atoms with Crippen LogP contribution in [-0.2, 0) is 23.4 Å². The van der Waals surface area contributed by atoms with Crippen LogP contribution in [0, 0.1) is 11.8 Å². The number of esters is 1. The van der Waals surface area contributed by atoms with Crippen molar-refractivity contribution in [2.24, 2.45) is 11.8 Å². The summed E-state index contributed by atoms with van der Waals surface area (Å²) in [5.74, 6) is 0.156. The van der Waals surface area contributed by atoms with Crippen molar-refractivity contribution in [1.82, 2.24) is 0 Å². The average Bonchev–Trinajstić information content (AvgIpc) is 2.74. The molecular weight excluding hydrogens is 524 g/mol. The summed E-state index contributed by atoms with van der Waals surface area (Å²) in [7, 11) is -0.126. The van der Waals surface area contributed by atoms with Crippen molar-refractivity contribution in [3.63, 3.8) is 0 Å². The molecule has 0 heterocycles. The van der Waals surface area contributed by atoms with E-state index in [9.17, 15) is 4.79 Å². The standard InChI is InChI=1S/C28H49BrO5Si/c1-12-32-27(30)24(5)18-22(3)17-23(4)26(33-20-31-9)19-25(29)14-13-21(2)15-16-34-35(10,11)28(6,7)8/h13-15,18-19,22-23,26H,12,16-17,20H2,1-11H3/b14-13+,21-15+,24-18+,25-19-/t22-,23-,26+/m0/s1. The lowest BCUT2D eigenvalue weighted by molar-refractivity contribution is -0.138. The number of hydrogen-bond acceptors (Lipinski definition) is 5. The number of rotatable bonds is 15. The Bertz CT molecular complexity index is 762. The first-order chi connectivity index (χ1) is 16.1. The lowest BCUT2D eigenvalue weighted by Crippen LogP contribution is -2.40. The third kappa shape index (κ3) is 14.4. The van der Waals surface area contributed by atoms with Gasteiger partial charge in [0, 0.05) is 17.2 Å². The topological polar surface area (TPSA) is 54.0 Å². The Balaban J connectivity index is 5.21. The minimum absolute atomic E-state index is 0.140. The highest BCUT2D eigenvalue weighted by Gasteiger charge is 2.36. The van der Waals surface area contributed by atoms with Crippen LogP contribution in [-0.4, -0.2) is 47.5 Å². The predicted molar refractivity (Wildman–Crippen MR) is 153 cm³/mol. The first-order valence-corrected chi connectivity index (χ1v) is 16.2. The van der Waals surface area contributed by atoms with E-state index >= 15 is 0 Å². The Labute approximate surface area is 224 Å². The third-order valence-corrected chi connectivity index (χ3v) is 11.3. The minimum Gasteiger partial charge on any atom is -0.463 e. The highest BCUT2D eigenvalue weighted by molar-refractivity contribution is 9.11. The number of ether oxygens (including phenoxy) is 3. The van der Waals surface area contributed by atoms with E-state index in [0.717, 1.165) is 16.5 Å². The van der Waals surface area contributed by atoms with E-state index in [1.165, 1.54) is 0 Å². The molecule has 202 valence electrons. The van der Waals surface area contributed by atoms with E-state index < -0.39 is 8.32 Å². The van der Waals surface area contributed by atoms with Gasteiger partial charge in [0.05, 0.1) is 19.3 Å². The monoisotopic (exact) mass is 572 g/mol. The Hall–Kier alpha value is -0.993. The summed E-state index contributed by atoms with van der Waals surface area (Å²) in [5.41, 5.74) is 1.78. The second kappa shape index (κ2) is 16.7. The molecule has 5 nitrogen and oxygen atoms in total. The van der Waals surface area contributed by atoms with E-state index in [0.29, 0.717) is 18.8 Å². The smallest absolute Gasteiger partial charge is 0.333 e. The van der Waals surface area contributed by atoms with Gasteiger partial charge in [0.1, 0.15) is 6.79 Å². The van der Waals surface area contributed by atoms with Crippen molar-refractivity contribution >= 4 is 30.2 Å². The van der Waals surface area contributed by atoms with Gasteiger partial charge >= 0.3 is 5.97 Å². The Kier molecular flexibility index (Phi) is 16.2. The minimum atomic E-state index is -1.75. The highest BCUT2D eigenvalue weighted by atomic mass is 79.9. The molecule has 0 radical (unpaired) electrons. The zero-order valence-corrected chi connectivity index (χ0v) is 26.5. The number of carbonyl (C=O) groups excluding carboxylic acids is 1. The summed E-state index contributed by atoms with van der Waals surface area (Å²) >= 11 is 3.66. The SMILES string of the molecule is CCOC(=O)/C(C)=C/[C@@H](C)C[C@H](C)[C@@H](/C=C(Br)/C=C/C(C)=C/CO[Si](C)(C)C(C)(C)C)OCOC. The normalized spacial score (nSPS) is 17.0. The maximum atomic E-state index is 11.9. The van der Waals surface area contributed by atoms with Gasteiger partial charge in [-0.3, -0.25) is 0 Å². The van der Waals surface area contributed by atoms with Crippen LogP contribution in [0.2, 0.25) is 18.1 Å². The van der Waals surface area contributed by atoms with E-state index in [2.05, 4.69) is 88.8 Å². The van der Waals surface area contributed by atoms with Crippen LogP contribution in [0.3, 0.4) is 0 Å². The lowest BCUT2D eigenvalue weighted by atomic mass is 9.91. The van der Waals surface area contributed by atoms with Crippen LogP contribution >= 0.6 is 15.9 Å². The molecule has 0 aliphatic carbocycles. The summed E-state index contributed by atoms with van der Waals surface area (Å²) in [6.07, 6.45) is 11.0. The van der Waals surface area contributed by atoms with Gasteiger partial charge in [0.25, 0.3) is 0 Å². The first-order valence-electron chi connectivity index (χ1n) is 12.5. The van der Waals surface area contributed by atoms with E-state index in [1.807, 2.05) is 19.1 Å². The molecule has 0 fully saturated rings. The summed E-state index contributed by atoms with van der Waals surface area (Å²) in [5, 5.41) is 0.203. The fourth-order valence-electron chi connectivity index (χ4n) is 3.14. The van der Waals surface area contributed by atoms with E-state index in [1.54, 1.807) is 14.0 Å². The number of halogens is 1. The molecule has 3 atom stereocenters. The van der Waals surface area contributed by atoms with Gasteiger partial charge in [0.2, 0.25) is 0 Å². The molecule has 0 bridgehead atoms. The van der Waals surface area contributed by atoms with E-state index in [-0.39, 0.29) is 35.7 Å². The van der Waals surface area contributed by atoms with E-state index in [4.69, 9.17) is 18.6 Å². The van der Waals surface area contributed by atoms with Crippen LogP contribution in [0.15, 0.2) is 46.0 Å². The number of methoxy groups -OCH3 is 1. The van der Waals surface area contributed by atoms with Crippen molar-refractivity contribution in [2.75, 3.05) is 27.1 Å². The summed E-state index contributed by atoms with van der Waals surface area (Å²) < 4.78 is 23.4. The van der Waals surface area contributed by atoms with Gasteiger partial charge < -0.3 is 18.6 Å². The van der Waals surface area contributed by atoms with Gasteiger partial charge in [-0.05, 0) is 69.3 Å². The van der Waals surface area contributed by atoms with Crippen LogP contribution in [0.4, 0.5) is 0 Å². The Morgan fingerprint density at radius 3 is 2.26 bits per heavy atom. The molecule has 0 spiro atoms. The molecule has 35 heavy (non-hydrogen) atoms. The van der Waals surface area contributed by atoms with Crippen LogP contribution in [0.25, 0.3) is 0 Å². The van der Waals surface area contributed by atoms with Crippen molar-refractivity contribution in [2.45, 2.75) is 86.0 Å². The number of hydrogen-bond donors (Lipinski definition) is 0. The molecule has 0 aromatic heterocycles. The fraction of sp³-hybridized carbons (Fsp3) is 0.679. The van der Waals surface area contributed by atoms with Crippen LogP contribution in [0.5, 0.6) is 0 Å². The molecule has 7 heteroatoms. The number of carbonyl (C=O) groups is 1. The molecule has 0 aliphatic rings. The zero-order chi connectivity index (χ0) is 27.2. The zero-order valence-electron chi connectivity index (χ0n) is 23.9. The second-order valence-corrected chi connectivity index (χ2v) is 16.4. The number of allylic oxidation sites excluding steroid dienone is 5. The molecule has 0 aromatic rings. The van der Waals surface area contributed by atoms with Gasteiger partial charge in [-0.1, -0.05) is 74.3 Å². The Morgan fingerprint density at radius 2 is 1.71 bits per heavy atom. The first kappa shape index (κ1) is 34.0. The van der Waals surface area contributed by atoms with Gasteiger partial charge in [-0.15, -0.1) is 0 Å². The molecule has 0 amide bonds. The van der Waals surface area contributed by atoms with Crippen molar-refractivity contribution in [1.29, 1.82) is 0 Å². The van der Waals surface area contributed by atoms with Crippen molar-refractivity contribution in [3.05, 3.63) is 46.0 Å². The average molecular weight is 574 g/mol. The molecule has 0 aliphatic heterocycles. The van der Waals surface area contributed by atoms with Gasteiger partial charge in [-0.25, -0.2) is 4.79 Å². The maximum absolute atomic E-state index is 11.9. The maximum Gasteiger partial charge on any atom is 0.333 e. The van der Waals surface area contributed by atoms with Crippen molar-refractivity contribution in [3.8, 4) is 0 Å². The van der Waals surface area contributed by atoms with Crippen molar-refractivity contribution < 1.29 is 23.4 Å². The molecular formula is C28H49BrO5Si. The largest absolute Gasteiger partial charge is 0.463 e. The molecule has 0 rings (SSSR count). The quantitative estimate of drug-likeness (QED) is 0.0654. The van der Waals surface area contributed by atoms with Gasteiger partial charge in [0.15, 0.2) is 8.32 Å². The molecule has 0 unspecified atom stereocenters. The summed E-state index contributed by atoms with van der Waals surface area (Å²) in [4.78, 5) is 11.9. The highest BCUT2D eigenvalue weighted by Crippen LogP contribution is 2.36. The Morgan fingerprint density at radius 1 is 1.09 bits per heavy atom. The second-order valence-electron chi connectivity index (χ2n) is 10.7. The fourth-order valence-corrected chi connectivity index (χ4v) is 4.47. The third-order valence-electron chi connectivity index (χ3n) is 6.30. The molecule has 0 saturated heterocycles. The summed E-state index contributed by atoms with van der Waals surface area (Å²) in [6.45, 7) is 22.4. The van der Waals surface area contributed by atoms with Gasteiger partial charge in [-0.2, -0.15) is 0 Å². The molecule has 0 aromatic carbocycles. The molecule has 0 N–H and O–H groups in total. The molecule has 0 saturated carbocycles. The van der Waals surface area contributed by atoms with Crippen LogP contribution in [0.1, 0.15) is 61.8 Å². The lowest BCUT2D eigenvalue weighted by Gasteiger charge is -2.35. The van der Waals surface area contributed by atoms with Crippen LogP contribution < -0.4 is 0 Å². The summed E-state index contributed by atoms with van der Waals surface area (Å²) in [6, 6.07) is 0.